The van der Waals surface area contributed by atoms with E-state index in [2.05, 4.69) is 25.2 Å². The van der Waals surface area contributed by atoms with Crippen LogP contribution in [0, 0.1) is 0 Å². The molecule has 0 amide bonds. The number of nitrogens with one attached hydrogen (secondary N) is 1. The highest BCUT2D eigenvalue weighted by atomic mass is 19.4. The predicted octanol–water partition coefficient (Wildman–Crippen LogP) is 4.01. The third-order valence-corrected chi connectivity index (χ3v) is 4.77. The molecule has 1 N–H and O–H groups in total. The molecular weight excluding hydrogens is 395 g/mol. The van der Waals surface area contributed by atoms with Crippen molar-refractivity contribution in [3.8, 4) is 11.3 Å². The predicted molar refractivity (Wildman–Crippen MR) is 107 cm³/mol. The van der Waals surface area contributed by atoms with E-state index >= 15 is 0 Å². The highest BCUT2D eigenvalue weighted by Crippen LogP contribution is 2.29. The maximum Gasteiger partial charge on any atom is 0.416 e. The number of benzene rings is 1. The first kappa shape index (κ1) is 20.1. The Kier molecular flexibility index (Phi) is 5.80. The van der Waals surface area contributed by atoms with Gasteiger partial charge in [-0.1, -0.05) is 12.1 Å². The minimum atomic E-state index is -4.36. The second-order valence-electron chi connectivity index (χ2n) is 6.84. The van der Waals surface area contributed by atoms with Crippen LogP contribution < -0.4 is 10.2 Å². The van der Waals surface area contributed by atoms with E-state index in [9.17, 15) is 13.2 Å². The quantitative estimate of drug-likeness (QED) is 0.680. The zero-order chi connectivity index (χ0) is 21.0. The Labute approximate surface area is 171 Å². The van der Waals surface area contributed by atoms with Crippen molar-refractivity contribution in [1.82, 2.24) is 15.0 Å². The van der Waals surface area contributed by atoms with E-state index in [4.69, 9.17) is 4.74 Å². The number of nitrogens with zero attached hydrogens (tertiary/aromatic N) is 4. The SMILES string of the molecule is FC(F)(F)c1cccc(CNc2cc(-c3ccc(N4CCOCC4)nc3)ncn2)c1. The molecule has 0 saturated carbocycles. The number of halogens is 3. The lowest BCUT2D eigenvalue weighted by molar-refractivity contribution is -0.137. The Balaban J connectivity index is 1.44. The molecule has 0 unspecified atom stereocenters. The summed E-state index contributed by atoms with van der Waals surface area (Å²) in [6, 6.07) is 10.9. The summed E-state index contributed by atoms with van der Waals surface area (Å²) in [5, 5.41) is 3.05. The number of rotatable bonds is 5. The molecular formula is C21H20F3N5O. The highest BCUT2D eigenvalue weighted by molar-refractivity contribution is 5.62. The summed E-state index contributed by atoms with van der Waals surface area (Å²) in [5.74, 6) is 1.41. The third-order valence-electron chi connectivity index (χ3n) is 4.77. The topological polar surface area (TPSA) is 63.2 Å². The fraction of sp³-hybridized carbons (Fsp3) is 0.286. The first-order valence-corrected chi connectivity index (χ1v) is 9.50. The zero-order valence-electron chi connectivity index (χ0n) is 16.1. The summed E-state index contributed by atoms with van der Waals surface area (Å²) in [6.07, 6.45) is -1.19. The molecule has 3 heterocycles. The Hall–Kier alpha value is -3.20. The summed E-state index contributed by atoms with van der Waals surface area (Å²) < 4.78 is 43.9. The van der Waals surface area contributed by atoms with Gasteiger partial charge in [0.25, 0.3) is 0 Å². The fourth-order valence-electron chi connectivity index (χ4n) is 3.18. The van der Waals surface area contributed by atoms with Crippen LogP contribution >= 0.6 is 0 Å². The molecule has 0 bridgehead atoms. The molecule has 9 heteroatoms. The van der Waals surface area contributed by atoms with E-state index < -0.39 is 11.7 Å². The molecule has 0 radical (unpaired) electrons. The van der Waals surface area contributed by atoms with Gasteiger partial charge >= 0.3 is 6.18 Å². The molecule has 1 aliphatic heterocycles. The van der Waals surface area contributed by atoms with Gasteiger partial charge in [-0.3, -0.25) is 0 Å². The molecule has 1 aromatic carbocycles. The Morgan fingerprint density at radius 1 is 1.00 bits per heavy atom. The smallest absolute Gasteiger partial charge is 0.378 e. The fourth-order valence-corrected chi connectivity index (χ4v) is 3.18. The van der Waals surface area contributed by atoms with Crippen molar-refractivity contribution in [2.45, 2.75) is 12.7 Å². The second kappa shape index (κ2) is 8.66. The van der Waals surface area contributed by atoms with Crippen molar-refractivity contribution in [1.29, 1.82) is 0 Å². The second-order valence-corrected chi connectivity index (χ2v) is 6.84. The molecule has 2 aromatic heterocycles. The van der Waals surface area contributed by atoms with Crippen LogP contribution in [0.25, 0.3) is 11.3 Å². The van der Waals surface area contributed by atoms with Crippen molar-refractivity contribution in [2.24, 2.45) is 0 Å². The standard InChI is InChI=1S/C21H20F3N5O/c22-21(23,24)17-3-1-2-15(10-17)12-25-19-11-18(27-14-28-19)16-4-5-20(26-13-16)29-6-8-30-9-7-29/h1-5,10-11,13-14H,6-9,12H2,(H,25,27,28). The van der Waals surface area contributed by atoms with Crippen molar-refractivity contribution in [3.05, 3.63) is 66.1 Å². The monoisotopic (exact) mass is 415 g/mol. The molecule has 3 aromatic rings. The van der Waals surface area contributed by atoms with Crippen LogP contribution in [0.5, 0.6) is 0 Å². The molecule has 0 aliphatic carbocycles. The van der Waals surface area contributed by atoms with Gasteiger partial charge in [0.2, 0.25) is 0 Å². The van der Waals surface area contributed by atoms with Crippen LogP contribution in [0.2, 0.25) is 0 Å². The van der Waals surface area contributed by atoms with E-state index in [1.165, 1.54) is 12.4 Å². The number of hydrogen-bond acceptors (Lipinski definition) is 6. The van der Waals surface area contributed by atoms with Crippen molar-refractivity contribution in [3.63, 3.8) is 0 Å². The average Bonchev–Trinajstić information content (AvgIpc) is 2.78. The van der Waals surface area contributed by atoms with Crippen LogP contribution in [0.4, 0.5) is 24.8 Å². The van der Waals surface area contributed by atoms with Crippen molar-refractivity contribution >= 4 is 11.6 Å². The molecule has 4 rings (SSSR count). The van der Waals surface area contributed by atoms with Gasteiger partial charge in [0, 0.05) is 37.5 Å². The highest BCUT2D eigenvalue weighted by Gasteiger charge is 2.30. The van der Waals surface area contributed by atoms with Gasteiger partial charge in [-0.2, -0.15) is 13.2 Å². The summed E-state index contributed by atoms with van der Waals surface area (Å²) >= 11 is 0. The first-order chi connectivity index (χ1) is 14.5. The summed E-state index contributed by atoms with van der Waals surface area (Å²) in [5.41, 5.74) is 1.35. The minimum Gasteiger partial charge on any atom is -0.378 e. The van der Waals surface area contributed by atoms with Crippen LogP contribution in [0.15, 0.2) is 55.0 Å². The maximum atomic E-state index is 12.9. The van der Waals surface area contributed by atoms with E-state index in [0.29, 0.717) is 30.3 Å². The molecule has 6 nitrogen and oxygen atoms in total. The number of aromatic nitrogens is 3. The van der Waals surface area contributed by atoms with Crippen LogP contribution in [-0.4, -0.2) is 41.3 Å². The van der Waals surface area contributed by atoms with Crippen LogP contribution in [0.3, 0.4) is 0 Å². The van der Waals surface area contributed by atoms with Gasteiger partial charge in [-0.05, 0) is 29.8 Å². The Bertz CT molecular complexity index is 988. The number of pyridine rings is 1. The minimum absolute atomic E-state index is 0.217. The van der Waals surface area contributed by atoms with Crippen molar-refractivity contribution < 1.29 is 17.9 Å². The lowest BCUT2D eigenvalue weighted by Gasteiger charge is -2.27. The summed E-state index contributed by atoms with van der Waals surface area (Å²) in [7, 11) is 0. The molecule has 156 valence electrons. The largest absolute Gasteiger partial charge is 0.416 e. The Morgan fingerprint density at radius 2 is 1.83 bits per heavy atom. The lowest BCUT2D eigenvalue weighted by Crippen LogP contribution is -2.36. The molecule has 0 spiro atoms. The number of anilines is 2. The molecule has 1 aliphatic rings. The number of alkyl halides is 3. The maximum absolute atomic E-state index is 12.9. The zero-order valence-corrected chi connectivity index (χ0v) is 16.1. The van der Waals surface area contributed by atoms with Crippen molar-refractivity contribution in [2.75, 3.05) is 36.5 Å². The number of morpholine rings is 1. The van der Waals surface area contributed by atoms with E-state index in [1.807, 2.05) is 12.1 Å². The van der Waals surface area contributed by atoms with Gasteiger partial charge in [-0.25, -0.2) is 15.0 Å². The molecule has 0 atom stereocenters. The van der Waals surface area contributed by atoms with Gasteiger partial charge < -0.3 is 15.0 Å². The van der Waals surface area contributed by atoms with E-state index in [1.54, 1.807) is 18.3 Å². The van der Waals surface area contributed by atoms with Crippen LogP contribution in [0.1, 0.15) is 11.1 Å². The van der Waals surface area contributed by atoms with Gasteiger partial charge in [0.15, 0.2) is 0 Å². The third kappa shape index (κ3) is 4.85. The number of ether oxygens (including phenoxy) is 1. The van der Waals surface area contributed by atoms with Gasteiger partial charge in [0.1, 0.15) is 18.0 Å². The summed E-state index contributed by atoms with van der Waals surface area (Å²) in [6.45, 7) is 3.22. The summed E-state index contributed by atoms with van der Waals surface area (Å²) in [4.78, 5) is 15.1. The lowest BCUT2D eigenvalue weighted by atomic mass is 10.1. The molecule has 1 saturated heterocycles. The average molecular weight is 415 g/mol. The van der Waals surface area contributed by atoms with E-state index in [0.717, 1.165) is 36.6 Å². The van der Waals surface area contributed by atoms with E-state index in [-0.39, 0.29) is 6.54 Å². The molecule has 30 heavy (non-hydrogen) atoms. The number of hydrogen-bond donors (Lipinski definition) is 1. The molecule has 1 fully saturated rings. The van der Waals surface area contributed by atoms with Gasteiger partial charge in [-0.15, -0.1) is 0 Å². The Morgan fingerprint density at radius 3 is 2.57 bits per heavy atom. The van der Waals surface area contributed by atoms with Gasteiger partial charge in [0.05, 0.1) is 24.5 Å². The first-order valence-electron chi connectivity index (χ1n) is 9.50. The van der Waals surface area contributed by atoms with Crippen LogP contribution in [-0.2, 0) is 17.5 Å². The normalized spacial score (nSPS) is 14.6.